The number of hydrogen-bond donors (Lipinski definition) is 2. The molecule has 4 rings (SSSR count). The van der Waals surface area contributed by atoms with E-state index < -0.39 is 11.2 Å². The normalized spacial score (nSPS) is 11.4. The summed E-state index contributed by atoms with van der Waals surface area (Å²) in [6.45, 7) is 1.60. The lowest BCUT2D eigenvalue weighted by Crippen LogP contribution is -2.36. The fraction of sp³-hybridized carbons (Fsp3) is 0.292. The number of aryl methyl sites for hydroxylation is 1. The van der Waals surface area contributed by atoms with E-state index in [0.717, 1.165) is 15.7 Å². The SMILES string of the molecule is Cn1c(=O)c2[nH]c(CN(CCO)Cc3cccc(OCc4ccccc4Cl)c3)nc2n(C)c1=O. The summed E-state index contributed by atoms with van der Waals surface area (Å²) in [6, 6.07) is 15.3. The number of aliphatic hydroxyl groups excluding tert-OH is 1. The number of aliphatic hydroxyl groups is 1. The first-order valence-corrected chi connectivity index (χ1v) is 11.2. The summed E-state index contributed by atoms with van der Waals surface area (Å²) >= 11 is 6.21. The maximum Gasteiger partial charge on any atom is 0.332 e. The molecule has 34 heavy (non-hydrogen) atoms. The van der Waals surface area contributed by atoms with E-state index in [9.17, 15) is 14.7 Å². The molecule has 0 aliphatic rings. The number of H-pyrrole nitrogens is 1. The molecule has 2 N–H and O–H groups in total. The molecule has 0 radical (unpaired) electrons. The van der Waals surface area contributed by atoms with Crippen molar-refractivity contribution in [3.05, 3.63) is 91.3 Å². The molecule has 9 nitrogen and oxygen atoms in total. The van der Waals surface area contributed by atoms with Crippen molar-refractivity contribution in [1.82, 2.24) is 24.0 Å². The molecule has 10 heteroatoms. The van der Waals surface area contributed by atoms with Gasteiger partial charge in [-0.3, -0.25) is 18.8 Å². The van der Waals surface area contributed by atoms with Gasteiger partial charge in [0.05, 0.1) is 13.2 Å². The predicted octanol–water partition coefficient (Wildman–Crippen LogP) is 2.19. The fourth-order valence-corrected chi connectivity index (χ4v) is 3.97. The molecule has 2 aromatic carbocycles. The Morgan fingerprint density at radius 3 is 2.65 bits per heavy atom. The van der Waals surface area contributed by atoms with E-state index in [1.54, 1.807) is 7.05 Å². The van der Waals surface area contributed by atoms with Crippen LogP contribution in [0, 0.1) is 0 Å². The summed E-state index contributed by atoms with van der Waals surface area (Å²) < 4.78 is 8.31. The molecular weight excluding hydrogens is 458 g/mol. The van der Waals surface area contributed by atoms with Crippen LogP contribution in [0.5, 0.6) is 5.75 Å². The molecule has 0 aliphatic carbocycles. The van der Waals surface area contributed by atoms with Crippen LogP contribution >= 0.6 is 11.6 Å². The Morgan fingerprint density at radius 2 is 1.88 bits per heavy atom. The molecule has 0 fully saturated rings. The van der Waals surface area contributed by atoms with E-state index in [0.29, 0.717) is 48.5 Å². The summed E-state index contributed by atoms with van der Waals surface area (Å²) in [7, 11) is 3.01. The smallest absolute Gasteiger partial charge is 0.332 e. The lowest BCUT2D eigenvalue weighted by molar-refractivity contribution is 0.181. The minimum absolute atomic E-state index is 0.0385. The number of fused-ring (bicyclic) bond motifs is 1. The first-order chi connectivity index (χ1) is 16.4. The molecule has 0 unspecified atom stereocenters. The van der Waals surface area contributed by atoms with Crippen LogP contribution < -0.4 is 16.0 Å². The largest absolute Gasteiger partial charge is 0.489 e. The standard InChI is InChI=1S/C24H26ClN5O4/c1-28-22-21(23(32)29(2)24(28)33)26-20(27-22)14-30(10-11-31)13-16-6-5-8-18(12-16)34-15-17-7-3-4-9-19(17)25/h3-9,12,31H,10-11,13-15H2,1-2H3,(H,26,27). The van der Waals surface area contributed by atoms with Crippen LogP contribution in [0.25, 0.3) is 11.2 Å². The van der Waals surface area contributed by atoms with Crippen molar-refractivity contribution >= 4 is 22.8 Å². The van der Waals surface area contributed by atoms with Crippen LogP contribution in [-0.2, 0) is 33.8 Å². The third-order valence-electron chi connectivity index (χ3n) is 5.59. The number of nitrogens with one attached hydrogen (secondary N) is 1. The summed E-state index contributed by atoms with van der Waals surface area (Å²) in [6.07, 6.45) is 0. The zero-order valence-electron chi connectivity index (χ0n) is 19.0. The number of aromatic amines is 1. The highest BCUT2D eigenvalue weighted by Gasteiger charge is 2.16. The van der Waals surface area contributed by atoms with Gasteiger partial charge < -0.3 is 14.8 Å². The first kappa shape index (κ1) is 23.7. The van der Waals surface area contributed by atoms with Gasteiger partial charge in [0.15, 0.2) is 5.65 Å². The van der Waals surface area contributed by atoms with Crippen LogP contribution in [0.3, 0.4) is 0 Å². The second kappa shape index (κ2) is 10.3. The van der Waals surface area contributed by atoms with Gasteiger partial charge in [-0.1, -0.05) is 41.9 Å². The highest BCUT2D eigenvalue weighted by atomic mass is 35.5. The van der Waals surface area contributed by atoms with E-state index in [2.05, 4.69) is 9.97 Å². The lowest BCUT2D eigenvalue weighted by Gasteiger charge is -2.20. The lowest BCUT2D eigenvalue weighted by atomic mass is 10.2. The molecule has 0 saturated heterocycles. The van der Waals surface area contributed by atoms with E-state index in [4.69, 9.17) is 16.3 Å². The molecule has 0 saturated carbocycles. The molecule has 178 valence electrons. The molecular formula is C24H26ClN5O4. The monoisotopic (exact) mass is 483 g/mol. The quantitative estimate of drug-likeness (QED) is 0.378. The molecule has 0 atom stereocenters. The van der Waals surface area contributed by atoms with Crippen LogP contribution in [-0.4, -0.2) is 42.3 Å². The molecule has 0 bridgehead atoms. The number of halogens is 1. The Bertz CT molecular complexity index is 1430. The molecule has 4 aromatic rings. The van der Waals surface area contributed by atoms with Gasteiger partial charge in [-0.25, -0.2) is 9.78 Å². The van der Waals surface area contributed by atoms with Crippen molar-refractivity contribution in [2.75, 3.05) is 13.2 Å². The third-order valence-corrected chi connectivity index (χ3v) is 5.96. The molecule has 0 amide bonds. The maximum atomic E-state index is 12.4. The summed E-state index contributed by atoms with van der Waals surface area (Å²) in [4.78, 5) is 34.1. The van der Waals surface area contributed by atoms with Gasteiger partial charge in [0, 0.05) is 37.8 Å². The van der Waals surface area contributed by atoms with Gasteiger partial charge in [0.25, 0.3) is 5.56 Å². The van der Waals surface area contributed by atoms with Crippen molar-refractivity contribution in [2.24, 2.45) is 14.1 Å². The van der Waals surface area contributed by atoms with Gasteiger partial charge in [0.1, 0.15) is 23.7 Å². The Labute approximate surface area is 200 Å². The first-order valence-electron chi connectivity index (χ1n) is 10.8. The van der Waals surface area contributed by atoms with E-state index in [1.165, 1.54) is 11.6 Å². The highest BCUT2D eigenvalue weighted by Crippen LogP contribution is 2.20. The average molecular weight is 484 g/mol. The van der Waals surface area contributed by atoms with Crippen molar-refractivity contribution in [2.45, 2.75) is 19.7 Å². The number of nitrogens with zero attached hydrogens (tertiary/aromatic N) is 4. The second-order valence-electron chi connectivity index (χ2n) is 8.05. The Kier molecular flexibility index (Phi) is 7.16. The predicted molar refractivity (Wildman–Crippen MR) is 130 cm³/mol. The van der Waals surface area contributed by atoms with Gasteiger partial charge in [0.2, 0.25) is 0 Å². The summed E-state index contributed by atoms with van der Waals surface area (Å²) in [5.41, 5.74) is 1.62. The Morgan fingerprint density at radius 1 is 1.09 bits per heavy atom. The van der Waals surface area contributed by atoms with Gasteiger partial charge in [-0.05, 0) is 23.8 Å². The minimum atomic E-state index is -0.434. The van der Waals surface area contributed by atoms with Gasteiger partial charge in [-0.15, -0.1) is 0 Å². The Hall–Kier alpha value is -3.40. The minimum Gasteiger partial charge on any atom is -0.489 e. The Balaban J connectivity index is 1.50. The fourth-order valence-electron chi connectivity index (χ4n) is 3.78. The zero-order chi connectivity index (χ0) is 24.2. The molecule has 0 spiro atoms. The van der Waals surface area contributed by atoms with Crippen molar-refractivity contribution < 1.29 is 9.84 Å². The van der Waals surface area contributed by atoms with E-state index >= 15 is 0 Å². The number of imidazole rings is 1. The number of hydrogen-bond acceptors (Lipinski definition) is 6. The highest BCUT2D eigenvalue weighted by molar-refractivity contribution is 6.31. The van der Waals surface area contributed by atoms with Crippen LogP contribution in [0.15, 0.2) is 58.1 Å². The van der Waals surface area contributed by atoms with Crippen LogP contribution in [0.2, 0.25) is 5.02 Å². The van der Waals surface area contributed by atoms with E-state index in [1.807, 2.05) is 53.4 Å². The molecule has 2 aromatic heterocycles. The number of rotatable bonds is 9. The van der Waals surface area contributed by atoms with Crippen LogP contribution in [0.4, 0.5) is 0 Å². The molecule has 2 heterocycles. The van der Waals surface area contributed by atoms with Crippen molar-refractivity contribution in [3.8, 4) is 5.75 Å². The topological polar surface area (TPSA) is 105 Å². The second-order valence-corrected chi connectivity index (χ2v) is 8.46. The maximum absolute atomic E-state index is 12.4. The van der Waals surface area contributed by atoms with Gasteiger partial charge in [-0.2, -0.15) is 0 Å². The number of benzene rings is 2. The van der Waals surface area contributed by atoms with E-state index in [-0.39, 0.29) is 12.1 Å². The number of ether oxygens (including phenoxy) is 1. The molecule has 0 aliphatic heterocycles. The van der Waals surface area contributed by atoms with Crippen molar-refractivity contribution in [1.29, 1.82) is 0 Å². The van der Waals surface area contributed by atoms with Crippen molar-refractivity contribution in [3.63, 3.8) is 0 Å². The zero-order valence-corrected chi connectivity index (χ0v) is 19.7. The summed E-state index contributed by atoms with van der Waals surface area (Å²) in [5.74, 6) is 1.25. The van der Waals surface area contributed by atoms with Gasteiger partial charge >= 0.3 is 5.69 Å². The number of aromatic nitrogens is 4. The average Bonchev–Trinajstić information content (AvgIpc) is 3.25. The van der Waals surface area contributed by atoms with Crippen LogP contribution in [0.1, 0.15) is 17.0 Å². The summed E-state index contributed by atoms with van der Waals surface area (Å²) in [5, 5.41) is 10.2. The third kappa shape index (κ3) is 5.06.